The van der Waals surface area contributed by atoms with Crippen LogP contribution in [0, 0.1) is 6.92 Å². The zero-order valence-electron chi connectivity index (χ0n) is 18.4. The topological polar surface area (TPSA) is 84.4 Å². The van der Waals surface area contributed by atoms with Gasteiger partial charge < -0.3 is 14.9 Å². The standard InChI is InChI=1S/C23H30N4O4S/c1-19-2-8-22(9-3-19)32(30,31)27-16-14-26(15-17-27)23(29)18-24-10-12-25(13-11-24)20-4-6-21(28)7-5-20/h2-9,28H,10-18H2,1H3. The molecule has 172 valence electrons. The molecule has 2 heterocycles. The first-order valence-corrected chi connectivity index (χ1v) is 12.4. The van der Waals surface area contributed by atoms with Gasteiger partial charge in [0, 0.05) is 58.0 Å². The summed E-state index contributed by atoms with van der Waals surface area (Å²) in [5.41, 5.74) is 2.09. The molecular weight excluding hydrogens is 428 g/mol. The Kier molecular flexibility index (Phi) is 6.68. The molecule has 0 aliphatic carbocycles. The van der Waals surface area contributed by atoms with Gasteiger partial charge in [0.15, 0.2) is 0 Å². The molecule has 2 aliphatic heterocycles. The SMILES string of the molecule is Cc1ccc(S(=O)(=O)N2CCN(C(=O)CN3CCN(c4ccc(O)cc4)CC3)CC2)cc1. The molecule has 0 aromatic heterocycles. The van der Waals surface area contributed by atoms with E-state index in [0.717, 1.165) is 37.4 Å². The summed E-state index contributed by atoms with van der Waals surface area (Å²) in [6.07, 6.45) is 0. The largest absolute Gasteiger partial charge is 0.508 e. The van der Waals surface area contributed by atoms with E-state index in [0.29, 0.717) is 37.6 Å². The van der Waals surface area contributed by atoms with Gasteiger partial charge in [-0.1, -0.05) is 17.7 Å². The lowest BCUT2D eigenvalue weighted by Gasteiger charge is -2.38. The van der Waals surface area contributed by atoms with Gasteiger partial charge in [-0.05, 0) is 43.3 Å². The third kappa shape index (κ3) is 5.06. The molecular formula is C23H30N4O4S. The minimum atomic E-state index is -3.53. The number of phenolic OH excluding ortho intramolecular Hbond substituents is 1. The molecule has 0 bridgehead atoms. The van der Waals surface area contributed by atoms with Gasteiger partial charge in [-0.2, -0.15) is 4.31 Å². The van der Waals surface area contributed by atoms with Gasteiger partial charge >= 0.3 is 0 Å². The summed E-state index contributed by atoms with van der Waals surface area (Å²) in [5, 5.41) is 9.44. The second kappa shape index (κ2) is 9.48. The monoisotopic (exact) mass is 458 g/mol. The number of aromatic hydroxyl groups is 1. The highest BCUT2D eigenvalue weighted by molar-refractivity contribution is 7.89. The van der Waals surface area contributed by atoms with Gasteiger partial charge in [-0.3, -0.25) is 9.69 Å². The van der Waals surface area contributed by atoms with Gasteiger partial charge in [0.2, 0.25) is 15.9 Å². The van der Waals surface area contributed by atoms with Crippen LogP contribution in [0.1, 0.15) is 5.56 Å². The molecule has 4 rings (SSSR count). The first-order chi connectivity index (χ1) is 15.3. The summed E-state index contributed by atoms with van der Waals surface area (Å²) in [4.78, 5) is 19.3. The summed E-state index contributed by atoms with van der Waals surface area (Å²) < 4.78 is 27.2. The number of nitrogens with zero attached hydrogens (tertiary/aromatic N) is 4. The van der Waals surface area contributed by atoms with Gasteiger partial charge in [0.25, 0.3) is 0 Å². The first kappa shape index (κ1) is 22.6. The fourth-order valence-corrected chi connectivity index (χ4v) is 5.58. The Hall–Kier alpha value is -2.62. The molecule has 2 aliphatic rings. The number of hydrogen-bond acceptors (Lipinski definition) is 6. The number of aryl methyl sites for hydroxylation is 1. The Morgan fingerprint density at radius 1 is 0.844 bits per heavy atom. The molecule has 9 heteroatoms. The van der Waals surface area contributed by atoms with Crippen LogP contribution < -0.4 is 4.90 Å². The van der Waals surface area contributed by atoms with Gasteiger partial charge in [0.05, 0.1) is 11.4 Å². The molecule has 1 N–H and O–H groups in total. The number of phenols is 1. The average molecular weight is 459 g/mol. The van der Waals surface area contributed by atoms with E-state index in [1.165, 1.54) is 4.31 Å². The predicted octanol–water partition coefficient (Wildman–Crippen LogP) is 1.36. The first-order valence-electron chi connectivity index (χ1n) is 10.9. The van der Waals surface area contributed by atoms with E-state index < -0.39 is 10.0 Å². The van der Waals surface area contributed by atoms with Crippen LogP contribution in [0.25, 0.3) is 0 Å². The highest BCUT2D eigenvalue weighted by Crippen LogP contribution is 2.21. The number of hydrogen-bond donors (Lipinski definition) is 1. The van der Waals surface area contributed by atoms with Crippen LogP contribution in [-0.4, -0.2) is 92.4 Å². The highest BCUT2D eigenvalue weighted by Gasteiger charge is 2.31. The van der Waals surface area contributed by atoms with Crippen LogP contribution in [0.4, 0.5) is 5.69 Å². The smallest absolute Gasteiger partial charge is 0.243 e. The molecule has 8 nitrogen and oxygen atoms in total. The molecule has 0 radical (unpaired) electrons. The zero-order valence-corrected chi connectivity index (χ0v) is 19.2. The van der Waals surface area contributed by atoms with E-state index in [-0.39, 0.29) is 11.7 Å². The number of sulfonamides is 1. The van der Waals surface area contributed by atoms with Crippen molar-refractivity contribution >= 4 is 21.6 Å². The van der Waals surface area contributed by atoms with Crippen molar-refractivity contribution in [3.63, 3.8) is 0 Å². The Balaban J connectivity index is 1.25. The molecule has 0 unspecified atom stereocenters. The van der Waals surface area contributed by atoms with Gasteiger partial charge in [-0.25, -0.2) is 8.42 Å². The maximum absolute atomic E-state index is 12.9. The molecule has 0 atom stereocenters. The molecule has 2 aromatic rings. The molecule has 2 saturated heterocycles. The van der Waals surface area contributed by atoms with Crippen LogP contribution in [0.15, 0.2) is 53.4 Å². The van der Waals surface area contributed by atoms with Crippen LogP contribution in [0.2, 0.25) is 0 Å². The number of piperazine rings is 2. The van der Waals surface area contributed by atoms with Crippen LogP contribution >= 0.6 is 0 Å². The van der Waals surface area contributed by atoms with E-state index in [2.05, 4.69) is 9.80 Å². The summed E-state index contributed by atoms with van der Waals surface area (Å²) in [5.74, 6) is 0.306. The van der Waals surface area contributed by atoms with Crippen molar-refractivity contribution in [1.29, 1.82) is 0 Å². The van der Waals surface area contributed by atoms with E-state index in [1.807, 2.05) is 19.1 Å². The average Bonchev–Trinajstić information content (AvgIpc) is 2.80. The van der Waals surface area contributed by atoms with E-state index >= 15 is 0 Å². The van der Waals surface area contributed by atoms with Crippen molar-refractivity contribution in [3.8, 4) is 5.75 Å². The van der Waals surface area contributed by atoms with Gasteiger partial charge in [0.1, 0.15) is 5.75 Å². The number of carbonyl (C=O) groups is 1. The fourth-order valence-electron chi connectivity index (χ4n) is 4.16. The summed E-state index contributed by atoms with van der Waals surface area (Å²) >= 11 is 0. The number of amides is 1. The number of carbonyl (C=O) groups excluding carboxylic acids is 1. The van der Waals surface area contributed by atoms with E-state index in [4.69, 9.17) is 0 Å². The molecule has 32 heavy (non-hydrogen) atoms. The molecule has 1 amide bonds. The Morgan fingerprint density at radius 3 is 2.03 bits per heavy atom. The van der Waals surface area contributed by atoms with Crippen molar-refractivity contribution in [1.82, 2.24) is 14.1 Å². The second-order valence-electron chi connectivity index (χ2n) is 8.38. The summed E-state index contributed by atoms with van der Waals surface area (Å²) in [6.45, 7) is 6.95. The number of benzene rings is 2. The number of rotatable bonds is 5. The molecule has 0 spiro atoms. The Bertz CT molecular complexity index is 1020. The van der Waals surface area contributed by atoms with Crippen molar-refractivity contribution < 1.29 is 18.3 Å². The molecule has 2 fully saturated rings. The van der Waals surface area contributed by atoms with E-state index in [1.54, 1.807) is 41.3 Å². The summed E-state index contributed by atoms with van der Waals surface area (Å²) in [7, 11) is -3.53. The minimum absolute atomic E-state index is 0.0514. The zero-order chi connectivity index (χ0) is 22.7. The lowest BCUT2D eigenvalue weighted by Crippen LogP contribution is -2.54. The molecule has 2 aromatic carbocycles. The maximum atomic E-state index is 12.9. The van der Waals surface area contributed by atoms with Crippen molar-refractivity contribution in [2.45, 2.75) is 11.8 Å². The Labute approximate surface area is 189 Å². The third-order valence-electron chi connectivity index (χ3n) is 6.20. The number of anilines is 1. The second-order valence-corrected chi connectivity index (χ2v) is 10.3. The highest BCUT2D eigenvalue weighted by atomic mass is 32.2. The van der Waals surface area contributed by atoms with Crippen molar-refractivity contribution in [3.05, 3.63) is 54.1 Å². The third-order valence-corrected chi connectivity index (χ3v) is 8.11. The minimum Gasteiger partial charge on any atom is -0.508 e. The molecule has 0 saturated carbocycles. The lowest BCUT2D eigenvalue weighted by atomic mass is 10.2. The predicted molar refractivity (Wildman–Crippen MR) is 123 cm³/mol. The summed E-state index contributed by atoms with van der Waals surface area (Å²) in [6, 6.07) is 14.1. The van der Waals surface area contributed by atoms with Gasteiger partial charge in [-0.15, -0.1) is 0 Å². The normalized spacial score (nSPS) is 18.7. The van der Waals surface area contributed by atoms with Crippen LogP contribution in [-0.2, 0) is 14.8 Å². The van der Waals surface area contributed by atoms with Crippen molar-refractivity contribution in [2.75, 3.05) is 63.8 Å². The van der Waals surface area contributed by atoms with Crippen LogP contribution in [0.3, 0.4) is 0 Å². The maximum Gasteiger partial charge on any atom is 0.243 e. The van der Waals surface area contributed by atoms with E-state index in [9.17, 15) is 18.3 Å². The quantitative estimate of drug-likeness (QED) is 0.728. The van der Waals surface area contributed by atoms with Crippen molar-refractivity contribution in [2.24, 2.45) is 0 Å². The van der Waals surface area contributed by atoms with Crippen LogP contribution in [0.5, 0.6) is 5.75 Å². The Morgan fingerprint density at radius 2 is 1.44 bits per heavy atom. The fraction of sp³-hybridized carbons (Fsp3) is 0.435. The lowest BCUT2D eigenvalue weighted by molar-refractivity contribution is -0.133.